The van der Waals surface area contributed by atoms with Crippen molar-refractivity contribution < 1.29 is 80.2 Å². The van der Waals surface area contributed by atoms with Gasteiger partial charge in [0.2, 0.25) is 0 Å². The van der Waals surface area contributed by atoms with E-state index >= 15 is 0 Å². The normalized spacial score (nSPS) is 14.3. The summed E-state index contributed by atoms with van der Waals surface area (Å²) in [6, 6.07) is 0. The van der Waals surface area contributed by atoms with Crippen LogP contribution in [-0.4, -0.2) is 96.7 Å². The van der Waals surface area contributed by atoms with Crippen molar-refractivity contribution in [2.24, 2.45) is 5.92 Å². The lowest BCUT2D eigenvalue weighted by molar-refractivity contribution is -0.161. The van der Waals surface area contributed by atoms with E-state index in [-0.39, 0.29) is 25.7 Å². The third-order valence-electron chi connectivity index (χ3n) is 17.4. The molecule has 0 spiro atoms. The fraction of sp³-hybridized carbons (Fsp3) is 0.945. The van der Waals surface area contributed by atoms with Crippen molar-refractivity contribution in [2.75, 3.05) is 39.6 Å². The first-order valence-electron chi connectivity index (χ1n) is 38.2. The highest BCUT2D eigenvalue weighted by Gasteiger charge is 2.30. The third-order valence-corrected chi connectivity index (χ3v) is 19.3. The molecule has 0 radical (unpaired) electrons. The molecule has 0 rings (SSSR count). The first kappa shape index (κ1) is 90.1. The van der Waals surface area contributed by atoms with Gasteiger partial charge in [0, 0.05) is 25.7 Å². The van der Waals surface area contributed by atoms with Crippen molar-refractivity contribution in [3.05, 3.63) is 0 Å². The van der Waals surface area contributed by atoms with E-state index < -0.39 is 97.5 Å². The first-order chi connectivity index (χ1) is 44.6. The number of carbonyl (C=O) groups is 4. The summed E-state index contributed by atoms with van der Waals surface area (Å²) in [7, 11) is -9.90. The Morgan fingerprint density at radius 2 is 0.522 bits per heavy atom. The lowest BCUT2D eigenvalue weighted by atomic mass is 10.00. The van der Waals surface area contributed by atoms with Gasteiger partial charge in [0.1, 0.15) is 19.3 Å². The molecule has 0 saturated carbocycles. The fourth-order valence-electron chi connectivity index (χ4n) is 11.1. The van der Waals surface area contributed by atoms with Gasteiger partial charge in [0.15, 0.2) is 12.2 Å². The van der Waals surface area contributed by atoms with E-state index in [1.807, 2.05) is 0 Å². The second kappa shape index (κ2) is 66.3. The second-order valence-corrected chi connectivity index (χ2v) is 29.5. The zero-order chi connectivity index (χ0) is 67.7. The molecular weight excluding hydrogens is 1210 g/mol. The van der Waals surface area contributed by atoms with Gasteiger partial charge >= 0.3 is 39.5 Å². The van der Waals surface area contributed by atoms with Crippen molar-refractivity contribution in [3.63, 3.8) is 0 Å². The van der Waals surface area contributed by atoms with E-state index in [1.54, 1.807) is 0 Å². The summed E-state index contributed by atoms with van der Waals surface area (Å²) in [5.41, 5.74) is 0. The number of esters is 4. The minimum atomic E-state index is -4.95. The quantitative estimate of drug-likeness (QED) is 0.0222. The Morgan fingerprint density at radius 1 is 0.304 bits per heavy atom. The molecule has 3 unspecified atom stereocenters. The molecule has 0 aliphatic carbocycles. The Kier molecular flexibility index (Phi) is 64.9. The Balaban J connectivity index is 5.19. The number of phosphoric acid groups is 2. The van der Waals surface area contributed by atoms with Crippen LogP contribution in [0.4, 0.5) is 0 Å². The first-order valence-corrected chi connectivity index (χ1v) is 41.2. The Hall–Kier alpha value is -1.94. The number of aliphatic hydroxyl groups is 1. The number of unbranched alkanes of at least 4 members (excludes halogenated alkanes) is 44. The highest BCUT2D eigenvalue weighted by atomic mass is 31.2. The van der Waals surface area contributed by atoms with Gasteiger partial charge in [-0.05, 0) is 31.6 Å². The molecule has 0 fully saturated rings. The van der Waals surface area contributed by atoms with Crippen LogP contribution in [-0.2, 0) is 65.4 Å². The SMILES string of the molecule is CCCCCCCCCCCCCCCCCCCCCCC(=O)O[C@H](COC(=O)CCCCCCCCCCCCCC)COP(=O)(O)OC[C@@H](O)COP(=O)(O)OC[C@@H](COC(=O)CCCCCCCCCCCC)OC(=O)CCCCCCCCC(C)CC. The molecular formula is C73H142O17P2. The predicted octanol–water partition coefficient (Wildman–Crippen LogP) is 21.3. The Morgan fingerprint density at radius 3 is 0.772 bits per heavy atom. The third kappa shape index (κ3) is 65.4. The molecule has 0 amide bonds. The van der Waals surface area contributed by atoms with Crippen LogP contribution in [0, 0.1) is 5.92 Å². The average molecular weight is 1350 g/mol. The smallest absolute Gasteiger partial charge is 0.462 e. The highest BCUT2D eigenvalue weighted by Crippen LogP contribution is 2.45. The maximum atomic E-state index is 13.0. The molecule has 0 heterocycles. The zero-order valence-corrected chi connectivity index (χ0v) is 61.5. The van der Waals surface area contributed by atoms with Crippen molar-refractivity contribution in [2.45, 2.75) is 400 Å². The van der Waals surface area contributed by atoms with Crippen LogP contribution in [0.5, 0.6) is 0 Å². The molecule has 546 valence electrons. The number of carbonyl (C=O) groups excluding carboxylic acids is 4. The van der Waals surface area contributed by atoms with Crippen LogP contribution in [0.15, 0.2) is 0 Å². The van der Waals surface area contributed by atoms with Gasteiger partial charge in [0.25, 0.3) is 0 Å². The summed E-state index contributed by atoms with van der Waals surface area (Å²) < 4.78 is 68.3. The van der Waals surface area contributed by atoms with E-state index in [4.69, 9.17) is 37.0 Å². The van der Waals surface area contributed by atoms with E-state index in [2.05, 4.69) is 34.6 Å². The van der Waals surface area contributed by atoms with Crippen molar-refractivity contribution in [1.82, 2.24) is 0 Å². The zero-order valence-electron chi connectivity index (χ0n) is 59.7. The van der Waals surface area contributed by atoms with E-state index in [1.165, 1.54) is 205 Å². The van der Waals surface area contributed by atoms with Gasteiger partial charge in [0.05, 0.1) is 26.4 Å². The molecule has 0 aliphatic heterocycles. The number of hydrogen-bond acceptors (Lipinski definition) is 15. The lowest BCUT2D eigenvalue weighted by Crippen LogP contribution is -2.30. The van der Waals surface area contributed by atoms with Gasteiger partial charge in [-0.2, -0.15) is 0 Å². The molecule has 0 aromatic carbocycles. The number of phosphoric ester groups is 2. The number of ether oxygens (including phenoxy) is 4. The van der Waals surface area contributed by atoms with Crippen LogP contribution < -0.4 is 0 Å². The van der Waals surface area contributed by atoms with Crippen molar-refractivity contribution in [3.8, 4) is 0 Å². The van der Waals surface area contributed by atoms with Crippen LogP contribution in [0.1, 0.15) is 381 Å². The molecule has 92 heavy (non-hydrogen) atoms. The van der Waals surface area contributed by atoms with Crippen molar-refractivity contribution >= 4 is 39.5 Å². The summed E-state index contributed by atoms with van der Waals surface area (Å²) >= 11 is 0. The monoisotopic (exact) mass is 1350 g/mol. The van der Waals surface area contributed by atoms with Gasteiger partial charge < -0.3 is 33.8 Å². The van der Waals surface area contributed by atoms with Crippen molar-refractivity contribution in [1.29, 1.82) is 0 Å². The summed E-state index contributed by atoms with van der Waals surface area (Å²) in [6.45, 7) is 7.21. The minimum Gasteiger partial charge on any atom is -0.462 e. The molecule has 0 bridgehead atoms. The average Bonchev–Trinajstić information content (AvgIpc) is 1.94. The van der Waals surface area contributed by atoms with Gasteiger partial charge in [-0.25, -0.2) is 9.13 Å². The fourth-order valence-corrected chi connectivity index (χ4v) is 12.7. The maximum absolute atomic E-state index is 13.0. The Bertz CT molecular complexity index is 1770. The minimum absolute atomic E-state index is 0.103. The van der Waals surface area contributed by atoms with Crippen LogP contribution in [0.2, 0.25) is 0 Å². The lowest BCUT2D eigenvalue weighted by Gasteiger charge is -2.21. The molecule has 17 nitrogen and oxygen atoms in total. The summed E-state index contributed by atoms with van der Waals surface area (Å²) in [5, 5.41) is 10.6. The summed E-state index contributed by atoms with van der Waals surface area (Å²) in [5.74, 6) is -1.40. The molecule has 0 aromatic heterocycles. The van der Waals surface area contributed by atoms with Gasteiger partial charge in [-0.15, -0.1) is 0 Å². The van der Waals surface area contributed by atoms with E-state index in [0.29, 0.717) is 25.7 Å². The number of rotatable bonds is 73. The predicted molar refractivity (Wildman–Crippen MR) is 372 cm³/mol. The van der Waals surface area contributed by atoms with E-state index in [0.717, 1.165) is 95.8 Å². The van der Waals surface area contributed by atoms with Crippen LogP contribution >= 0.6 is 15.6 Å². The van der Waals surface area contributed by atoms with E-state index in [9.17, 15) is 43.2 Å². The van der Waals surface area contributed by atoms with Crippen LogP contribution in [0.25, 0.3) is 0 Å². The topological polar surface area (TPSA) is 237 Å². The number of hydrogen-bond donors (Lipinski definition) is 3. The molecule has 0 saturated heterocycles. The Labute approximate surface area is 562 Å². The molecule has 0 aliphatic rings. The largest absolute Gasteiger partial charge is 0.472 e. The standard InChI is InChI=1S/C73H142O17P2/c1-6-10-13-16-19-22-25-27-28-29-30-31-32-33-34-36-39-42-48-53-58-72(77)89-68(62-83-71(76)57-52-47-41-38-35-26-23-20-17-14-11-7-2)64-87-91(79,80)85-60-67(74)61-86-92(81,82)88-65-69(90-73(78)59-54-49-44-43-45-50-55-66(5)9-4)63-84-70(75)56-51-46-40-37-24-21-18-15-12-8-3/h66-69,74H,6-65H2,1-5H3,(H,79,80)(H,81,82)/t66?,67-,68-,69-/m1/s1. The molecule has 0 aromatic rings. The number of aliphatic hydroxyl groups excluding tert-OH is 1. The molecule has 19 heteroatoms. The highest BCUT2D eigenvalue weighted by molar-refractivity contribution is 7.47. The summed E-state index contributed by atoms with van der Waals surface area (Å²) in [6.07, 6.45) is 54.2. The summed E-state index contributed by atoms with van der Waals surface area (Å²) in [4.78, 5) is 72.6. The second-order valence-electron chi connectivity index (χ2n) is 26.6. The van der Waals surface area contributed by atoms with Crippen LogP contribution in [0.3, 0.4) is 0 Å². The molecule has 3 N–H and O–H groups in total. The maximum Gasteiger partial charge on any atom is 0.472 e. The molecule has 6 atom stereocenters. The van der Waals surface area contributed by atoms with Gasteiger partial charge in [-0.3, -0.25) is 37.3 Å². The van der Waals surface area contributed by atoms with Gasteiger partial charge in [-0.1, -0.05) is 330 Å².